The molecule has 2 rings (SSSR count). The first-order valence-electron chi connectivity index (χ1n) is 8.18. The van der Waals surface area contributed by atoms with Crippen LogP contribution >= 0.6 is 11.6 Å². The minimum atomic E-state index is -3.92. The first kappa shape index (κ1) is 22.2. The molecule has 0 unspecified atom stereocenters. The normalized spacial score (nSPS) is 11.7. The third kappa shape index (κ3) is 5.03. The van der Waals surface area contributed by atoms with Gasteiger partial charge < -0.3 is 14.2 Å². The molecule has 0 heterocycles. The molecule has 0 fully saturated rings. The maximum atomic E-state index is 13.0. The van der Waals surface area contributed by atoms with E-state index >= 15 is 0 Å². The number of hydrogen-bond acceptors (Lipinski definition) is 5. The second-order valence-electron chi connectivity index (χ2n) is 5.59. The van der Waals surface area contributed by atoms with Crippen LogP contribution in [0.15, 0.2) is 41.3 Å². The summed E-state index contributed by atoms with van der Waals surface area (Å²) in [7, 11) is -0.926. The minimum Gasteiger partial charge on any atom is -0.493 e. The molecule has 0 aliphatic rings. The van der Waals surface area contributed by atoms with Gasteiger partial charge in [0.05, 0.1) is 24.1 Å². The van der Waals surface area contributed by atoms with Crippen molar-refractivity contribution in [3.63, 3.8) is 0 Å². The lowest BCUT2D eigenvalue weighted by molar-refractivity contribution is -0.0498. The summed E-state index contributed by atoms with van der Waals surface area (Å²) in [6, 6.07) is 8.46. The molecule has 154 valence electrons. The van der Waals surface area contributed by atoms with Gasteiger partial charge in [0.25, 0.3) is 0 Å². The monoisotopic (exact) mass is 435 g/mol. The Labute approximate surface area is 167 Å². The van der Waals surface area contributed by atoms with Gasteiger partial charge in [-0.1, -0.05) is 24.6 Å². The Bertz CT molecular complexity index is 924. The zero-order valence-electron chi connectivity index (χ0n) is 15.5. The smallest absolute Gasteiger partial charge is 0.387 e. The number of halogens is 3. The molecule has 2 aromatic carbocycles. The van der Waals surface area contributed by atoms with E-state index in [4.69, 9.17) is 21.1 Å². The number of hydrogen-bond donors (Lipinski definition) is 0. The van der Waals surface area contributed by atoms with Gasteiger partial charge in [-0.05, 0) is 35.9 Å². The maximum absolute atomic E-state index is 13.0. The van der Waals surface area contributed by atoms with E-state index in [9.17, 15) is 17.2 Å². The lowest BCUT2D eigenvalue weighted by Gasteiger charge is -2.21. The maximum Gasteiger partial charge on any atom is 0.387 e. The Morgan fingerprint density at radius 3 is 2.21 bits per heavy atom. The summed E-state index contributed by atoms with van der Waals surface area (Å²) in [6.07, 6.45) is 0. The van der Waals surface area contributed by atoms with Crippen LogP contribution in [0.1, 0.15) is 12.5 Å². The first-order chi connectivity index (χ1) is 13.2. The third-order valence-electron chi connectivity index (χ3n) is 3.92. The molecule has 0 saturated heterocycles. The van der Waals surface area contributed by atoms with E-state index in [-0.39, 0.29) is 28.8 Å². The highest BCUT2D eigenvalue weighted by molar-refractivity contribution is 7.89. The van der Waals surface area contributed by atoms with Gasteiger partial charge in [-0.2, -0.15) is 13.1 Å². The van der Waals surface area contributed by atoms with Gasteiger partial charge in [0.15, 0.2) is 11.5 Å². The van der Waals surface area contributed by atoms with E-state index in [0.717, 1.165) is 12.1 Å². The average molecular weight is 436 g/mol. The molecule has 2 aromatic rings. The van der Waals surface area contributed by atoms with Gasteiger partial charge >= 0.3 is 6.61 Å². The van der Waals surface area contributed by atoms with Gasteiger partial charge in [-0.25, -0.2) is 8.42 Å². The third-order valence-corrected chi connectivity index (χ3v) is 6.13. The summed E-state index contributed by atoms with van der Waals surface area (Å²) >= 11 is 5.89. The standard InChI is InChI=1S/C18H20ClF2NO5S/c1-4-22(11-12-5-7-16(25-2)17(9-12)26-3)28(23,24)13-6-8-15(14(19)10-13)27-18(20)21/h5-10,18H,4,11H2,1-3H3. The average Bonchev–Trinajstić information content (AvgIpc) is 2.66. The molecule has 0 bridgehead atoms. The summed E-state index contributed by atoms with van der Waals surface area (Å²) in [4.78, 5) is -0.124. The van der Waals surface area contributed by atoms with E-state index in [1.54, 1.807) is 25.1 Å². The molecular formula is C18H20ClF2NO5S. The van der Waals surface area contributed by atoms with Crippen molar-refractivity contribution in [3.8, 4) is 17.2 Å². The predicted molar refractivity (Wildman–Crippen MR) is 101 cm³/mol. The lowest BCUT2D eigenvalue weighted by atomic mass is 10.2. The van der Waals surface area contributed by atoms with Crippen molar-refractivity contribution in [1.29, 1.82) is 0 Å². The zero-order chi connectivity index (χ0) is 20.9. The van der Waals surface area contributed by atoms with Crippen LogP contribution in [0.2, 0.25) is 5.02 Å². The highest BCUT2D eigenvalue weighted by Crippen LogP contribution is 2.31. The van der Waals surface area contributed by atoms with Crippen LogP contribution in [0.3, 0.4) is 0 Å². The van der Waals surface area contributed by atoms with Gasteiger partial charge in [-0.15, -0.1) is 0 Å². The van der Waals surface area contributed by atoms with Gasteiger partial charge in [0, 0.05) is 13.1 Å². The SMILES string of the molecule is CCN(Cc1ccc(OC)c(OC)c1)S(=O)(=O)c1ccc(OC(F)F)c(Cl)c1. The number of methoxy groups -OCH3 is 2. The number of ether oxygens (including phenoxy) is 3. The largest absolute Gasteiger partial charge is 0.493 e. The molecule has 10 heteroatoms. The van der Waals surface area contributed by atoms with Crippen LogP contribution < -0.4 is 14.2 Å². The quantitative estimate of drug-likeness (QED) is 0.591. The summed E-state index contributed by atoms with van der Waals surface area (Å²) in [5.41, 5.74) is 0.687. The molecular weight excluding hydrogens is 416 g/mol. The molecule has 0 spiro atoms. The molecule has 28 heavy (non-hydrogen) atoms. The van der Waals surface area contributed by atoms with Crippen molar-refractivity contribution < 1.29 is 31.4 Å². The fourth-order valence-corrected chi connectivity index (χ4v) is 4.29. The molecule has 6 nitrogen and oxygen atoms in total. The predicted octanol–water partition coefficient (Wildman–Crippen LogP) is 4.17. The number of nitrogens with zero attached hydrogens (tertiary/aromatic N) is 1. The molecule has 0 N–H and O–H groups in total. The van der Waals surface area contributed by atoms with E-state index in [2.05, 4.69) is 4.74 Å². The fraction of sp³-hybridized carbons (Fsp3) is 0.333. The molecule has 0 saturated carbocycles. The molecule has 0 aromatic heterocycles. The van der Waals surface area contributed by atoms with E-state index in [0.29, 0.717) is 17.1 Å². The van der Waals surface area contributed by atoms with Gasteiger partial charge in [0.1, 0.15) is 5.75 Å². The summed E-state index contributed by atoms with van der Waals surface area (Å²) in [6.45, 7) is -1.11. The second-order valence-corrected chi connectivity index (χ2v) is 7.94. The van der Waals surface area contributed by atoms with Crippen molar-refractivity contribution in [1.82, 2.24) is 4.31 Å². The Hall–Kier alpha value is -2.10. The Balaban J connectivity index is 2.31. The van der Waals surface area contributed by atoms with Gasteiger partial charge in [0.2, 0.25) is 10.0 Å². The topological polar surface area (TPSA) is 65.1 Å². The van der Waals surface area contributed by atoms with Crippen molar-refractivity contribution in [2.75, 3.05) is 20.8 Å². The molecule has 0 atom stereocenters. The summed E-state index contributed by atoms with van der Waals surface area (Å²) in [5.74, 6) is 0.710. The number of sulfonamides is 1. The lowest BCUT2D eigenvalue weighted by Crippen LogP contribution is -2.30. The number of rotatable bonds is 9. The number of alkyl halides is 2. The highest BCUT2D eigenvalue weighted by Gasteiger charge is 2.25. The second kappa shape index (κ2) is 9.40. The van der Waals surface area contributed by atoms with Crippen LogP contribution in [0, 0.1) is 0 Å². The van der Waals surface area contributed by atoms with Crippen molar-refractivity contribution in [2.45, 2.75) is 25.0 Å². The molecule has 0 amide bonds. The van der Waals surface area contributed by atoms with Gasteiger partial charge in [-0.3, -0.25) is 0 Å². The van der Waals surface area contributed by atoms with Crippen LogP contribution in [0.4, 0.5) is 8.78 Å². The van der Waals surface area contributed by atoms with Crippen LogP contribution in [0.25, 0.3) is 0 Å². The molecule has 0 aliphatic heterocycles. The first-order valence-corrected chi connectivity index (χ1v) is 10.00. The van der Waals surface area contributed by atoms with Crippen molar-refractivity contribution in [3.05, 3.63) is 47.0 Å². The molecule has 0 radical (unpaired) electrons. The van der Waals surface area contributed by atoms with E-state index < -0.39 is 16.6 Å². The highest BCUT2D eigenvalue weighted by atomic mass is 35.5. The summed E-state index contributed by atoms with van der Waals surface area (Å²) < 4.78 is 66.5. The van der Waals surface area contributed by atoms with E-state index in [1.807, 2.05) is 0 Å². The van der Waals surface area contributed by atoms with Crippen LogP contribution in [-0.4, -0.2) is 40.1 Å². The summed E-state index contributed by atoms with van der Waals surface area (Å²) in [5, 5.41) is -0.219. The molecule has 0 aliphatic carbocycles. The van der Waals surface area contributed by atoms with Crippen molar-refractivity contribution in [2.24, 2.45) is 0 Å². The Morgan fingerprint density at radius 1 is 1.04 bits per heavy atom. The minimum absolute atomic E-state index is 0.0755. The van der Waals surface area contributed by atoms with Crippen molar-refractivity contribution >= 4 is 21.6 Å². The van der Waals surface area contributed by atoms with Crippen LogP contribution in [-0.2, 0) is 16.6 Å². The Morgan fingerprint density at radius 2 is 1.68 bits per heavy atom. The number of benzene rings is 2. The Kier molecular flexibility index (Phi) is 7.45. The zero-order valence-corrected chi connectivity index (χ0v) is 17.1. The fourth-order valence-electron chi connectivity index (χ4n) is 2.53. The van der Waals surface area contributed by atoms with Crippen LogP contribution in [0.5, 0.6) is 17.2 Å². The van der Waals surface area contributed by atoms with E-state index in [1.165, 1.54) is 24.6 Å².